The lowest BCUT2D eigenvalue weighted by Gasteiger charge is -2.26. The van der Waals surface area contributed by atoms with E-state index in [4.69, 9.17) is 0 Å². The van der Waals surface area contributed by atoms with Gasteiger partial charge in [0, 0.05) is 18.4 Å². The minimum atomic E-state index is -0.949. The first-order valence-corrected chi connectivity index (χ1v) is 9.00. The molecule has 0 bridgehead atoms. The molecule has 0 aliphatic heterocycles. The lowest BCUT2D eigenvalue weighted by molar-refractivity contribution is -0.132. The van der Waals surface area contributed by atoms with Crippen LogP contribution in [0.25, 0.3) is 0 Å². The van der Waals surface area contributed by atoms with E-state index < -0.39 is 5.41 Å². The van der Waals surface area contributed by atoms with Crippen molar-refractivity contribution in [3.05, 3.63) is 60.2 Å². The number of nitrogens with one attached hydrogen (secondary N) is 1. The molecule has 1 fully saturated rings. The van der Waals surface area contributed by atoms with E-state index in [2.05, 4.69) is 26.1 Å². The van der Waals surface area contributed by atoms with Gasteiger partial charge in [-0.15, -0.1) is 0 Å². The topological polar surface area (TPSA) is 49.4 Å². The Balaban J connectivity index is 1.81. The van der Waals surface area contributed by atoms with Gasteiger partial charge >= 0.3 is 0 Å². The molecule has 0 saturated heterocycles. The molecule has 26 heavy (non-hydrogen) atoms. The Morgan fingerprint density at radius 1 is 0.962 bits per heavy atom. The summed E-state index contributed by atoms with van der Waals surface area (Å²) in [5.41, 5.74) is 1.60. The van der Waals surface area contributed by atoms with Crippen LogP contribution in [-0.4, -0.2) is 18.9 Å². The molecule has 4 heteroatoms. The predicted octanol–water partition coefficient (Wildman–Crippen LogP) is 4.37. The van der Waals surface area contributed by atoms with E-state index in [9.17, 15) is 9.59 Å². The molecule has 0 aromatic heterocycles. The Kier molecular flexibility index (Phi) is 4.61. The van der Waals surface area contributed by atoms with E-state index in [0.717, 1.165) is 16.9 Å². The minimum absolute atomic E-state index is 0.0918. The van der Waals surface area contributed by atoms with Crippen LogP contribution in [0.2, 0.25) is 0 Å². The van der Waals surface area contributed by atoms with Crippen LogP contribution in [-0.2, 0) is 15.0 Å². The number of hydrogen-bond donors (Lipinski definition) is 1. The van der Waals surface area contributed by atoms with Crippen molar-refractivity contribution in [2.75, 3.05) is 17.3 Å². The summed E-state index contributed by atoms with van der Waals surface area (Å²) in [5, 5.41) is 3.02. The summed E-state index contributed by atoms with van der Waals surface area (Å²) >= 11 is 0. The maximum absolute atomic E-state index is 13.0. The number of carbonyl (C=O) groups excluding carboxylic acids is 2. The molecule has 2 amide bonds. The molecule has 1 N–H and O–H groups in total. The summed E-state index contributed by atoms with van der Waals surface area (Å²) < 4.78 is 0. The standard InChI is InChI=1S/C22H26N2O2/c1-21(2,3)17-12-8-9-13-18(17)23-19(25)22(14-15-22)20(26)24(4)16-10-6-5-7-11-16/h5-13H,14-15H2,1-4H3,(H,23,25). The van der Waals surface area contributed by atoms with Crippen molar-refractivity contribution in [1.29, 1.82) is 0 Å². The van der Waals surface area contributed by atoms with Crippen molar-refractivity contribution in [1.82, 2.24) is 0 Å². The molecule has 3 rings (SSSR count). The number of para-hydroxylation sites is 2. The van der Waals surface area contributed by atoms with Crippen molar-refractivity contribution in [2.45, 2.75) is 39.0 Å². The van der Waals surface area contributed by atoms with Crippen LogP contribution in [0.1, 0.15) is 39.2 Å². The van der Waals surface area contributed by atoms with Crippen LogP contribution in [0.5, 0.6) is 0 Å². The Labute approximate surface area is 155 Å². The fourth-order valence-corrected chi connectivity index (χ4v) is 3.24. The van der Waals surface area contributed by atoms with Crippen molar-refractivity contribution in [2.24, 2.45) is 5.41 Å². The van der Waals surface area contributed by atoms with Crippen LogP contribution >= 0.6 is 0 Å². The molecule has 0 unspecified atom stereocenters. The number of carbonyl (C=O) groups is 2. The summed E-state index contributed by atoms with van der Waals surface area (Å²) in [6.07, 6.45) is 1.18. The van der Waals surface area contributed by atoms with Crippen LogP contribution < -0.4 is 10.2 Å². The lowest BCUT2D eigenvalue weighted by Crippen LogP contribution is -2.41. The second-order valence-electron chi connectivity index (χ2n) is 8.03. The highest BCUT2D eigenvalue weighted by Gasteiger charge is 2.57. The monoisotopic (exact) mass is 350 g/mol. The number of rotatable bonds is 4. The van der Waals surface area contributed by atoms with Gasteiger partial charge in [0.05, 0.1) is 0 Å². The summed E-state index contributed by atoms with van der Waals surface area (Å²) in [6, 6.07) is 17.2. The highest BCUT2D eigenvalue weighted by atomic mass is 16.2. The van der Waals surface area contributed by atoms with Crippen molar-refractivity contribution >= 4 is 23.2 Å². The normalized spacial score (nSPS) is 15.2. The first-order chi connectivity index (χ1) is 12.3. The maximum atomic E-state index is 13.0. The molecule has 0 heterocycles. The van der Waals surface area contributed by atoms with Gasteiger partial charge in [0.15, 0.2) is 0 Å². The zero-order valence-corrected chi connectivity index (χ0v) is 15.9. The molecule has 4 nitrogen and oxygen atoms in total. The van der Waals surface area contributed by atoms with Gasteiger partial charge in [-0.25, -0.2) is 0 Å². The molecule has 0 radical (unpaired) electrons. The zero-order chi connectivity index (χ0) is 18.9. The van der Waals surface area contributed by atoms with E-state index in [-0.39, 0.29) is 17.2 Å². The quantitative estimate of drug-likeness (QED) is 0.833. The van der Waals surface area contributed by atoms with E-state index in [1.54, 1.807) is 11.9 Å². The molecule has 0 spiro atoms. The van der Waals surface area contributed by atoms with E-state index in [1.807, 2.05) is 54.6 Å². The molecule has 2 aromatic rings. The average molecular weight is 350 g/mol. The largest absolute Gasteiger partial charge is 0.325 e. The van der Waals surface area contributed by atoms with Crippen LogP contribution in [0.4, 0.5) is 11.4 Å². The molecular formula is C22H26N2O2. The maximum Gasteiger partial charge on any atom is 0.242 e. The third-order valence-electron chi connectivity index (χ3n) is 5.03. The second-order valence-corrected chi connectivity index (χ2v) is 8.03. The zero-order valence-electron chi connectivity index (χ0n) is 15.9. The van der Waals surface area contributed by atoms with Gasteiger partial charge in [-0.3, -0.25) is 9.59 Å². The van der Waals surface area contributed by atoms with Crippen LogP contribution in [0, 0.1) is 5.41 Å². The smallest absolute Gasteiger partial charge is 0.242 e. The summed E-state index contributed by atoms with van der Waals surface area (Å²) in [5.74, 6) is -0.351. The SMILES string of the molecule is CN(C(=O)C1(C(=O)Nc2ccccc2C(C)(C)C)CC1)c1ccccc1. The van der Waals surface area contributed by atoms with E-state index in [1.165, 1.54) is 0 Å². The van der Waals surface area contributed by atoms with Crippen molar-refractivity contribution < 1.29 is 9.59 Å². The number of benzene rings is 2. The van der Waals surface area contributed by atoms with Gasteiger partial charge in [-0.05, 0) is 42.0 Å². The highest BCUT2D eigenvalue weighted by molar-refractivity contribution is 6.17. The number of amides is 2. The fourth-order valence-electron chi connectivity index (χ4n) is 3.24. The molecular weight excluding hydrogens is 324 g/mol. The third kappa shape index (κ3) is 3.36. The number of hydrogen-bond acceptors (Lipinski definition) is 2. The van der Waals surface area contributed by atoms with E-state index in [0.29, 0.717) is 12.8 Å². The lowest BCUT2D eigenvalue weighted by atomic mass is 9.85. The molecule has 1 aliphatic carbocycles. The van der Waals surface area contributed by atoms with Gasteiger partial charge in [0.2, 0.25) is 11.8 Å². The number of anilines is 2. The Morgan fingerprint density at radius 2 is 1.54 bits per heavy atom. The highest BCUT2D eigenvalue weighted by Crippen LogP contribution is 2.49. The molecule has 1 aliphatic rings. The predicted molar refractivity (Wildman–Crippen MR) is 105 cm³/mol. The van der Waals surface area contributed by atoms with Crippen molar-refractivity contribution in [3.8, 4) is 0 Å². The van der Waals surface area contributed by atoms with Crippen LogP contribution in [0.3, 0.4) is 0 Å². The van der Waals surface area contributed by atoms with Gasteiger partial charge in [-0.2, -0.15) is 0 Å². The van der Waals surface area contributed by atoms with Crippen LogP contribution in [0.15, 0.2) is 54.6 Å². The molecule has 2 aromatic carbocycles. The van der Waals surface area contributed by atoms with Gasteiger partial charge in [0.1, 0.15) is 5.41 Å². The van der Waals surface area contributed by atoms with Gasteiger partial charge in [0.25, 0.3) is 0 Å². The molecule has 136 valence electrons. The molecule has 1 saturated carbocycles. The first-order valence-electron chi connectivity index (χ1n) is 9.00. The fraction of sp³-hybridized carbons (Fsp3) is 0.364. The summed E-state index contributed by atoms with van der Waals surface area (Å²) in [4.78, 5) is 27.6. The molecule has 0 atom stereocenters. The summed E-state index contributed by atoms with van der Waals surface area (Å²) in [7, 11) is 1.73. The number of nitrogens with zero attached hydrogens (tertiary/aromatic N) is 1. The minimum Gasteiger partial charge on any atom is -0.325 e. The first kappa shape index (κ1) is 18.2. The average Bonchev–Trinajstić information content (AvgIpc) is 3.43. The second kappa shape index (κ2) is 6.60. The summed E-state index contributed by atoms with van der Waals surface area (Å²) in [6.45, 7) is 6.33. The Bertz CT molecular complexity index is 818. The third-order valence-corrected chi connectivity index (χ3v) is 5.03. The Hall–Kier alpha value is -2.62. The van der Waals surface area contributed by atoms with Crippen molar-refractivity contribution in [3.63, 3.8) is 0 Å². The van der Waals surface area contributed by atoms with Gasteiger partial charge < -0.3 is 10.2 Å². The van der Waals surface area contributed by atoms with Gasteiger partial charge in [-0.1, -0.05) is 57.2 Å². The van der Waals surface area contributed by atoms with E-state index >= 15 is 0 Å². The Morgan fingerprint density at radius 3 is 2.12 bits per heavy atom.